The molecule has 1 aliphatic heterocycles. The van der Waals surface area contributed by atoms with E-state index in [0.29, 0.717) is 23.4 Å². The first-order chi connectivity index (χ1) is 16.7. The molecule has 1 fully saturated rings. The Balaban J connectivity index is 0. The van der Waals surface area contributed by atoms with Crippen molar-refractivity contribution in [3.63, 3.8) is 0 Å². The molecule has 37 heavy (non-hydrogen) atoms. The third-order valence-electron chi connectivity index (χ3n) is 5.87. The molecule has 6 nitrogen and oxygen atoms in total. The maximum Gasteiger partial charge on any atom is 1.00 e. The Morgan fingerprint density at radius 3 is 2.32 bits per heavy atom. The van der Waals surface area contributed by atoms with Crippen LogP contribution in [0.2, 0.25) is 0 Å². The maximum absolute atomic E-state index is 12.9. The van der Waals surface area contributed by atoms with Crippen molar-refractivity contribution in [1.29, 1.82) is 0 Å². The third-order valence-corrected chi connectivity index (χ3v) is 5.87. The van der Waals surface area contributed by atoms with Crippen molar-refractivity contribution in [2.45, 2.75) is 73.4 Å². The van der Waals surface area contributed by atoms with Gasteiger partial charge >= 0.3 is 51.4 Å². The Hall–Kier alpha value is -1.22. The summed E-state index contributed by atoms with van der Waals surface area (Å²) < 4.78 is 5.34. The molecule has 1 atom stereocenters. The number of ether oxygens (including phenoxy) is 1. The zero-order valence-corrected chi connectivity index (χ0v) is 27.9. The number of carbonyl (C=O) groups is 1. The Labute approximate surface area is 268 Å². The number of rotatable bonds is 6. The second-order valence-corrected chi connectivity index (χ2v) is 8.90. The standard InChI is InChI=1S/C23H30N3O2.C4H10.C2H3O.CH3.K/c1-16(2)25-12-13-26(18(4)15-25)21-14-17(3)10-11-20(21)24-23(27)19-8-6-7-9-22(19)28-5;1-3-4-2;1-2-3;;/h6-9,11,14,16,18H,12-13,15H2,1-5H3,(H,24,27);3-4H2,1-2H3;1H3;1H3;/q-1;;2*-1;+1. The van der Waals surface area contributed by atoms with Crippen LogP contribution in [0.5, 0.6) is 5.75 Å². The predicted octanol–water partition coefficient (Wildman–Crippen LogP) is 3.35. The number of piperazine rings is 1. The summed E-state index contributed by atoms with van der Waals surface area (Å²) in [7, 11) is 1.58. The van der Waals surface area contributed by atoms with E-state index < -0.39 is 0 Å². The minimum Gasteiger partial charge on any atom is -0.542 e. The Bertz CT molecular complexity index is 919. The zero-order valence-electron chi connectivity index (χ0n) is 24.8. The van der Waals surface area contributed by atoms with E-state index in [0.717, 1.165) is 36.6 Å². The van der Waals surface area contributed by atoms with Crippen molar-refractivity contribution < 1.29 is 65.7 Å². The minimum absolute atomic E-state index is 0. The zero-order chi connectivity index (χ0) is 26.4. The number of anilines is 2. The van der Waals surface area contributed by atoms with Crippen LogP contribution >= 0.6 is 0 Å². The summed E-state index contributed by atoms with van der Waals surface area (Å²) in [5.74, 6) is 0.390. The molecule has 202 valence electrons. The van der Waals surface area contributed by atoms with Crippen molar-refractivity contribution >= 4 is 23.6 Å². The second kappa shape index (κ2) is 20.7. The second-order valence-electron chi connectivity index (χ2n) is 8.90. The van der Waals surface area contributed by atoms with Crippen molar-refractivity contribution in [2.75, 3.05) is 37.0 Å². The monoisotopic (exact) mass is 535 g/mol. The van der Waals surface area contributed by atoms with Gasteiger partial charge in [-0.25, -0.2) is 0 Å². The number of unbranched alkanes of at least 4 members (excludes halogenated alkanes) is 1. The molecule has 7 heteroatoms. The van der Waals surface area contributed by atoms with Crippen LogP contribution in [0, 0.1) is 20.4 Å². The molecule has 3 rings (SSSR count). The summed E-state index contributed by atoms with van der Waals surface area (Å²) in [6.07, 6.45) is 4.14. The smallest absolute Gasteiger partial charge is 0.542 e. The van der Waals surface area contributed by atoms with Gasteiger partial charge in [0.05, 0.1) is 12.7 Å². The summed E-state index contributed by atoms with van der Waals surface area (Å²) in [6.45, 7) is 17.4. The first-order valence-electron chi connectivity index (χ1n) is 12.5. The van der Waals surface area contributed by atoms with E-state index in [9.17, 15) is 4.79 Å². The number of hydrogen-bond acceptors (Lipinski definition) is 5. The van der Waals surface area contributed by atoms with E-state index in [1.165, 1.54) is 26.1 Å². The van der Waals surface area contributed by atoms with Gasteiger partial charge in [-0.15, -0.1) is 6.07 Å². The molecule has 1 N–H and O–H groups in total. The van der Waals surface area contributed by atoms with Gasteiger partial charge in [-0.2, -0.15) is 24.6 Å². The summed E-state index contributed by atoms with van der Waals surface area (Å²) in [4.78, 5) is 26.5. The van der Waals surface area contributed by atoms with Crippen LogP contribution < -0.4 is 66.3 Å². The molecule has 1 heterocycles. The molecule has 1 saturated heterocycles. The van der Waals surface area contributed by atoms with Crippen molar-refractivity contribution in [3.05, 3.63) is 61.0 Å². The summed E-state index contributed by atoms with van der Waals surface area (Å²) in [5, 5.41) is 3.08. The van der Waals surface area contributed by atoms with Crippen LogP contribution in [0.15, 0.2) is 36.4 Å². The Morgan fingerprint density at radius 1 is 1.22 bits per heavy atom. The van der Waals surface area contributed by atoms with E-state index >= 15 is 0 Å². The predicted molar refractivity (Wildman–Crippen MR) is 153 cm³/mol. The quantitative estimate of drug-likeness (QED) is 0.454. The minimum atomic E-state index is -0.176. The topological polar surface area (TPSA) is 61.9 Å². The van der Waals surface area contributed by atoms with Gasteiger partial charge in [0, 0.05) is 31.7 Å². The summed E-state index contributed by atoms with van der Waals surface area (Å²) >= 11 is 0. The van der Waals surface area contributed by atoms with Gasteiger partial charge in [0.15, 0.2) is 0 Å². The fourth-order valence-electron chi connectivity index (χ4n) is 3.76. The van der Waals surface area contributed by atoms with Crippen molar-refractivity contribution in [1.82, 2.24) is 4.90 Å². The molecule has 2 aromatic carbocycles. The number of nitrogens with zero attached hydrogens (tertiary/aromatic N) is 2. The molecule has 0 saturated carbocycles. The molecular weight excluding hydrogens is 489 g/mol. The van der Waals surface area contributed by atoms with Crippen LogP contribution in [-0.2, 0) is 4.79 Å². The van der Waals surface area contributed by atoms with Gasteiger partial charge in [0.25, 0.3) is 0 Å². The fraction of sp³-hybridized carbons (Fsp3) is 0.500. The largest absolute Gasteiger partial charge is 1.00 e. The SMILES string of the molecule is CCCC.COc1ccccc1C(=O)Nc1c[c-]c(C)cc1N1CCN(C(C)C)CC1C.C[C-]=O.[CH3-].[K+]. The van der Waals surface area contributed by atoms with Gasteiger partial charge in [0.2, 0.25) is 5.91 Å². The molecule has 0 bridgehead atoms. The maximum atomic E-state index is 12.9. The summed E-state index contributed by atoms with van der Waals surface area (Å²) in [5.41, 5.74) is 3.42. The van der Waals surface area contributed by atoms with Gasteiger partial charge in [-0.05, 0) is 38.6 Å². The number of carbonyl (C=O) groups excluding carboxylic acids is 2. The molecule has 0 aromatic heterocycles. The molecule has 1 amide bonds. The molecule has 1 aliphatic rings. The van der Waals surface area contributed by atoms with Crippen LogP contribution in [0.4, 0.5) is 11.4 Å². The number of aryl methyl sites for hydroxylation is 1. The average Bonchev–Trinajstić information content (AvgIpc) is 2.85. The molecule has 1 unspecified atom stereocenters. The number of benzene rings is 2. The van der Waals surface area contributed by atoms with Gasteiger partial charge < -0.3 is 27.2 Å². The van der Waals surface area contributed by atoms with E-state index in [1.807, 2.05) is 25.1 Å². The normalized spacial score (nSPS) is 14.5. The molecule has 0 spiro atoms. The van der Waals surface area contributed by atoms with E-state index in [2.05, 4.69) is 61.9 Å². The van der Waals surface area contributed by atoms with Crippen LogP contribution in [0.1, 0.15) is 70.3 Å². The average molecular weight is 536 g/mol. The Kier molecular flexibility index (Phi) is 21.2. The van der Waals surface area contributed by atoms with Gasteiger partial charge in [-0.3, -0.25) is 16.0 Å². The molecule has 2 aromatic rings. The van der Waals surface area contributed by atoms with Crippen molar-refractivity contribution in [2.24, 2.45) is 0 Å². The number of amides is 1. The molecular formula is C30H46KN3O3-2. The van der Waals surface area contributed by atoms with Gasteiger partial charge in [0.1, 0.15) is 5.75 Å². The molecule has 0 radical (unpaired) electrons. The van der Waals surface area contributed by atoms with Gasteiger partial charge in [-0.1, -0.05) is 51.4 Å². The Morgan fingerprint density at radius 2 is 1.81 bits per heavy atom. The first-order valence-corrected chi connectivity index (χ1v) is 12.5. The first kappa shape index (κ1) is 37.9. The number of para-hydroxylation sites is 1. The van der Waals surface area contributed by atoms with E-state index in [4.69, 9.17) is 9.53 Å². The van der Waals surface area contributed by atoms with Crippen LogP contribution in [0.3, 0.4) is 0 Å². The number of nitrogens with one attached hydrogen (secondary N) is 1. The molecule has 0 aliphatic carbocycles. The van der Waals surface area contributed by atoms with E-state index in [1.54, 1.807) is 19.2 Å². The summed E-state index contributed by atoms with van der Waals surface area (Å²) in [6, 6.07) is 15.4. The number of hydrogen-bond donors (Lipinski definition) is 1. The number of methoxy groups -OCH3 is 1. The van der Waals surface area contributed by atoms with Crippen molar-refractivity contribution in [3.8, 4) is 5.75 Å². The van der Waals surface area contributed by atoms with E-state index in [-0.39, 0.29) is 64.7 Å². The van der Waals surface area contributed by atoms with Crippen LogP contribution in [0.25, 0.3) is 0 Å². The third kappa shape index (κ3) is 12.5. The van der Waals surface area contributed by atoms with Crippen LogP contribution in [-0.4, -0.2) is 55.9 Å². The fourth-order valence-corrected chi connectivity index (χ4v) is 3.76.